The molecular formula is C14H25O6. The zero-order valence-electron chi connectivity index (χ0n) is 13.5. The largest absolute Gasteiger partial charge is 0.352 e. The zero-order chi connectivity index (χ0) is 15.4. The third-order valence-corrected chi connectivity index (χ3v) is 2.68. The summed E-state index contributed by atoms with van der Waals surface area (Å²) in [6, 6.07) is 0. The van der Waals surface area contributed by atoms with E-state index in [2.05, 4.69) is 0 Å². The maximum atomic E-state index is 5.90. The summed E-state index contributed by atoms with van der Waals surface area (Å²) in [4.78, 5) is 20.6. The van der Waals surface area contributed by atoms with E-state index in [1.54, 1.807) is 0 Å². The van der Waals surface area contributed by atoms with Gasteiger partial charge in [0.05, 0.1) is 11.2 Å². The lowest BCUT2D eigenvalue weighted by Gasteiger charge is -2.33. The smallest absolute Gasteiger partial charge is 0.318 e. The van der Waals surface area contributed by atoms with Gasteiger partial charge in [0.15, 0.2) is 0 Å². The molecule has 2 saturated heterocycles. The molecule has 0 amide bonds. The number of ether oxygens (including phenoxy) is 2. The monoisotopic (exact) mass is 289 g/mol. The van der Waals surface area contributed by atoms with E-state index < -0.39 is 29.1 Å². The highest BCUT2D eigenvalue weighted by Crippen LogP contribution is 2.57. The van der Waals surface area contributed by atoms with Crippen LogP contribution in [0.1, 0.15) is 55.4 Å². The van der Waals surface area contributed by atoms with Gasteiger partial charge in [-0.15, -0.1) is 0 Å². The lowest BCUT2D eigenvalue weighted by molar-refractivity contribution is -0.242. The number of hydrogen-bond donors (Lipinski definition) is 0. The van der Waals surface area contributed by atoms with Gasteiger partial charge in [-0.2, -0.15) is 19.6 Å². The summed E-state index contributed by atoms with van der Waals surface area (Å²) in [5, 5.41) is 0. The first-order valence-electron chi connectivity index (χ1n) is 6.83. The number of hydrogen-bond acceptors (Lipinski definition) is 6. The average Bonchev–Trinajstić information content (AvgIpc) is 3.02. The Balaban J connectivity index is 2.21. The summed E-state index contributed by atoms with van der Waals surface area (Å²) in [5.74, 6) is -1.93. The first-order chi connectivity index (χ1) is 8.89. The Morgan fingerprint density at radius 2 is 1.05 bits per heavy atom. The highest BCUT2D eigenvalue weighted by Gasteiger charge is 2.76. The molecule has 0 unspecified atom stereocenters. The van der Waals surface area contributed by atoms with E-state index in [1.165, 1.54) is 0 Å². The van der Waals surface area contributed by atoms with Gasteiger partial charge in [-0.25, -0.2) is 0 Å². The fraction of sp³-hybridized carbons (Fsp3) is 0.929. The van der Waals surface area contributed by atoms with Crippen molar-refractivity contribution in [3.63, 3.8) is 0 Å². The van der Waals surface area contributed by atoms with Crippen molar-refractivity contribution in [2.24, 2.45) is 5.92 Å². The Morgan fingerprint density at radius 3 is 1.20 bits per heavy atom. The Labute approximate surface area is 120 Å². The van der Waals surface area contributed by atoms with Gasteiger partial charge in [-0.1, -0.05) is 13.8 Å². The van der Waals surface area contributed by atoms with Crippen molar-refractivity contribution >= 4 is 0 Å². The van der Waals surface area contributed by atoms with Crippen LogP contribution in [0.5, 0.6) is 0 Å². The molecule has 0 N–H and O–H groups in total. The molecule has 20 heavy (non-hydrogen) atoms. The highest BCUT2D eigenvalue weighted by atomic mass is 17.5. The molecule has 0 saturated carbocycles. The molecule has 0 atom stereocenters. The second-order valence-electron chi connectivity index (χ2n) is 7.48. The van der Waals surface area contributed by atoms with Gasteiger partial charge < -0.3 is 9.47 Å². The standard InChI is InChI=1S/C14H25O6/c1-9(2)10(13(17-18-13)15-11(3,4)5)14(19-20-14)16-12(6,7)8/h10H,1-8H3. The summed E-state index contributed by atoms with van der Waals surface area (Å²) in [6.07, 6.45) is 0. The molecule has 1 radical (unpaired) electrons. The third-order valence-electron chi connectivity index (χ3n) is 2.68. The summed E-state index contributed by atoms with van der Waals surface area (Å²) in [6.45, 7) is 15.4. The van der Waals surface area contributed by atoms with Gasteiger partial charge >= 0.3 is 11.9 Å². The van der Waals surface area contributed by atoms with Crippen LogP contribution < -0.4 is 0 Å². The Bertz CT molecular complexity index is 325. The number of rotatable bonds is 5. The lowest BCUT2D eigenvalue weighted by Crippen LogP contribution is -2.48. The molecule has 0 spiro atoms. The maximum absolute atomic E-state index is 5.90. The molecule has 0 aliphatic carbocycles. The molecule has 6 nitrogen and oxygen atoms in total. The van der Waals surface area contributed by atoms with Crippen LogP contribution in [0.15, 0.2) is 0 Å². The van der Waals surface area contributed by atoms with Crippen molar-refractivity contribution < 1.29 is 29.0 Å². The molecule has 2 fully saturated rings. The molecule has 0 aromatic rings. The van der Waals surface area contributed by atoms with E-state index in [1.807, 2.05) is 55.4 Å². The summed E-state index contributed by atoms with van der Waals surface area (Å²) < 4.78 is 11.8. The molecule has 117 valence electrons. The van der Waals surface area contributed by atoms with Gasteiger partial charge in [-0.05, 0) is 47.5 Å². The molecule has 0 aromatic carbocycles. The van der Waals surface area contributed by atoms with E-state index >= 15 is 0 Å². The minimum Gasteiger partial charge on any atom is -0.318 e. The third kappa shape index (κ3) is 3.50. The van der Waals surface area contributed by atoms with Crippen molar-refractivity contribution in [2.45, 2.75) is 78.5 Å². The average molecular weight is 289 g/mol. The van der Waals surface area contributed by atoms with Gasteiger partial charge in [-0.3, -0.25) is 0 Å². The lowest BCUT2D eigenvalue weighted by atomic mass is 9.91. The van der Waals surface area contributed by atoms with Crippen molar-refractivity contribution in [3.05, 3.63) is 5.92 Å². The molecule has 0 bridgehead atoms. The van der Waals surface area contributed by atoms with Crippen LogP contribution in [0.25, 0.3) is 0 Å². The Hall–Kier alpha value is -0.240. The molecule has 2 rings (SSSR count). The summed E-state index contributed by atoms with van der Waals surface area (Å²) >= 11 is 0. The molecule has 2 heterocycles. The van der Waals surface area contributed by atoms with Crippen molar-refractivity contribution in [3.8, 4) is 0 Å². The fourth-order valence-electron chi connectivity index (χ4n) is 2.24. The second-order valence-corrected chi connectivity index (χ2v) is 7.48. The zero-order valence-corrected chi connectivity index (χ0v) is 13.5. The molecular weight excluding hydrogens is 264 g/mol. The minimum absolute atomic E-state index is 0.442. The van der Waals surface area contributed by atoms with E-state index in [-0.39, 0.29) is 0 Å². The molecule has 0 aromatic heterocycles. The molecule has 6 heteroatoms. The van der Waals surface area contributed by atoms with Crippen LogP contribution in [0.4, 0.5) is 0 Å². The van der Waals surface area contributed by atoms with E-state index in [0.29, 0.717) is 0 Å². The van der Waals surface area contributed by atoms with Crippen molar-refractivity contribution in [1.82, 2.24) is 0 Å². The summed E-state index contributed by atoms with van der Waals surface area (Å²) in [5.41, 5.74) is -0.885. The molecule has 2 aliphatic heterocycles. The van der Waals surface area contributed by atoms with Crippen LogP contribution in [0.3, 0.4) is 0 Å². The normalized spacial score (nSPS) is 24.3. The van der Waals surface area contributed by atoms with Gasteiger partial charge in [0, 0.05) is 0 Å². The van der Waals surface area contributed by atoms with Crippen molar-refractivity contribution in [2.75, 3.05) is 0 Å². The second kappa shape index (κ2) is 4.63. The Kier molecular flexibility index (Phi) is 3.73. The molecule has 2 aliphatic rings. The quantitative estimate of drug-likeness (QED) is 0.572. The Morgan fingerprint density at radius 1 is 0.750 bits per heavy atom. The first kappa shape index (κ1) is 16.1. The van der Waals surface area contributed by atoms with E-state index in [4.69, 9.17) is 29.0 Å². The van der Waals surface area contributed by atoms with Crippen molar-refractivity contribution in [1.29, 1.82) is 0 Å². The van der Waals surface area contributed by atoms with Gasteiger partial charge in [0.1, 0.15) is 5.92 Å². The van der Waals surface area contributed by atoms with Crippen LogP contribution in [0.2, 0.25) is 0 Å². The van der Waals surface area contributed by atoms with Gasteiger partial charge in [0.2, 0.25) is 0 Å². The van der Waals surface area contributed by atoms with E-state index in [0.717, 1.165) is 5.92 Å². The first-order valence-corrected chi connectivity index (χ1v) is 6.83. The fourth-order valence-corrected chi connectivity index (χ4v) is 2.24. The van der Waals surface area contributed by atoms with Crippen LogP contribution >= 0.6 is 0 Å². The van der Waals surface area contributed by atoms with Gasteiger partial charge in [0.25, 0.3) is 0 Å². The minimum atomic E-state index is -1.22. The van der Waals surface area contributed by atoms with Crippen LogP contribution in [-0.4, -0.2) is 23.1 Å². The SMILES string of the molecule is C[C](C)C(C1(OC(C)(C)C)OO1)C1(OC(C)(C)C)OO1. The predicted octanol–water partition coefficient (Wildman–Crippen LogP) is 3.08. The highest BCUT2D eigenvalue weighted by molar-refractivity contribution is 5.03. The van der Waals surface area contributed by atoms with Crippen LogP contribution in [-0.2, 0) is 29.0 Å². The maximum Gasteiger partial charge on any atom is 0.352 e. The predicted molar refractivity (Wildman–Crippen MR) is 69.6 cm³/mol. The van der Waals surface area contributed by atoms with E-state index in [9.17, 15) is 0 Å². The summed E-state index contributed by atoms with van der Waals surface area (Å²) in [7, 11) is 0. The van der Waals surface area contributed by atoms with Crippen LogP contribution in [0, 0.1) is 11.8 Å². The topological polar surface area (TPSA) is 68.6 Å².